The van der Waals surface area contributed by atoms with Crippen molar-refractivity contribution in [1.29, 1.82) is 0 Å². The Morgan fingerprint density at radius 3 is 3.04 bits per heavy atom. The molecule has 1 atom stereocenters. The molecule has 3 heterocycles. The number of hydrogen-bond acceptors (Lipinski definition) is 2. The SMILES string of the molecule is O=C(CCn1ccc2ccccc21)N1CCC[C@@H](c2ccn[nH]2)C1. The molecule has 3 aromatic rings. The highest BCUT2D eigenvalue weighted by Gasteiger charge is 2.25. The second-order valence-electron chi connectivity index (χ2n) is 6.51. The van der Waals surface area contributed by atoms with E-state index in [0.29, 0.717) is 12.3 Å². The monoisotopic (exact) mass is 322 g/mol. The number of H-pyrrole nitrogens is 1. The van der Waals surface area contributed by atoms with Gasteiger partial charge in [-0.15, -0.1) is 0 Å². The van der Waals surface area contributed by atoms with Crippen molar-refractivity contribution in [1.82, 2.24) is 19.7 Å². The van der Waals surface area contributed by atoms with Crippen LogP contribution in [-0.2, 0) is 11.3 Å². The Labute approximate surface area is 141 Å². The van der Waals surface area contributed by atoms with Crippen molar-refractivity contribution in [3.8, 4) is 0 Å². The number of nitrogens with one attached hydrogen (secondary N) is 1. The minimum absolute atomic E-state index is 0.247. The van der Waals surface area contributed by atoms with Crippen molar-refractivity contribution >= 4 is 16.8 Å². The number of likely N-dealkylation sites (tertiary alicyclic amines) is 1. The number of carbonyl (C=O) groups excluding carboxylic acids is 1. The summed E-state index contributed by atoms with van der Waals surface area (Å²) in [5.41, 5.74) is 2.34. The van der Waals surface area contributed by atoms with Gasteiger partial charge in [-0.25, -0.2) is 0 Å². The molecule has 0 spiro atoms. The molecule has 5 nitrogen and oxygen atoms in total. The number of amides is 1. The summed E-state index contributed by atoms with van der Waals surface area (Å²) in [6.07, 6.45) is 6.58. The fourth-order valence-electron chi connectivity index (χ4n) is 3.66. The van der Waals surface area contributed by atoms with Gasteiger partial charge in [-0.05, 0) is 36.4 Å². The average Bonchev–Trinajstić information content (AvgIpc) is 3.30. The normalized spacial score (nSPS) is 18.2. The lowest BCUT2D eigenvalue weighted by molar-refractivity contribution is -0.132. The van der Waals surface area contributed by atoms with E-state index in [0.717, 1.165) is 38.2 Å². The zero-order valence-corrected chi connectivity index (χ0v) is 13.7. The van der Waals surface area contributed by atoms with Crippen molar-refractivity contribution in [3.63, 3.8) is 0 Å². The third-order valence-corrected chi connectivity index (χ3v) is 4.98. The number of hydrogen-bond donors (Lipinski definition) is 1. The predicted octanol–water partition coefficient (Wildman–Crippen LogP) is 3.16. The second kappa shape index (κ2) is 6.51. The lowest BCUT2D eigenvalue weighted by atomic mass is 9.95. The van der Waals surface area contributed by atoms with Gasteiger partial charge in [0.2, 0.25) is 5.91 Å². The summed E-state index contributed by atoms with van der Waals surface area (Å²) in [5.74, 6) is 0.634. The molecule has 124 valence electrons. The molecular weight excluding hydrogens is 300 g/mol. The summed E-state index contributed by atoms with van der Waals surface area (Å²) in [5, 5.41) is 8.31. The molecule has 1 aliphatic heterocycles. The lowest BCUT2D eigenvalue weighted by Crippen LogP contribution is -2.39. The summed E-state index contributed by atoms with van der Waals surface area (Å²) in [6.45, 7) is 2.40. The zero-order valence-electron chi connectivity index (χ0n) is 13.7. The van der Waals surface area contributed by atoms with Crippen LogP contribution in [0.4, 0.5) is 0 Å². The Morgan fingerprint density at radius 2 is 2.17 bits per heavy atom. The highest BCUT2D eigenvalue weighted by molar-refractivity contribution is 5.80. The number of para-hydroxylation sites is 1. The van der Waals surface area contributed by atoms with Crippen LogP contribution in [0.3, 0.4) is 0 Å². The molecule has 0 saturated carbocycles. The van der Waals surface area contributed by atoms with Crippen LogP contribution in [0.1, 0.15) is 30.9 Å². The second-order valence-corrected chi connectivity index (χ2v) is 6.51. The quantitative estimate of drug-likeness (QED) is 0.802. The van der Waals surface area contributed by atoms with Crippen LogP contribution in [0.25, 0.3) is 10.9 Å². The molecule has 0 unspecified atom stereocenters. The first-order valence-corrected chi connectivity index (χ1v) is 8.62. The van der Waals surface area contributed by atoms with Crippen molar-refractivity contribution in [2.45, 2.75) is 31.7 Å². The fraction of sp³-hybridized carbons (Fsp3) is 0.368. The maximum absolute atomic E-state index is 12.6. The Morgan fingerprint density at radius 1 is 1.25 bits per heavy atom. The van der Waals surface area contributed by atoms with Gasteiger partial charge in [0.1, 0.15) is 0 Å². The molecule has 1 fully saturated rings. The third-order valence-electron chi connectivity index (χ3n) is 4.98. The van der Waals surface area contributed by atoms with Gasteiger partial charge in [0, 0.05) is 55.6 Å². The molecule has 0 aliphatic carbocycles. The molecule has 1 aliphatic rings. The van der Waals surface area contributed by atoms with E-state index in [1.807, 2.05) is 23.1 Å². The number of aromatic amines is 1. The molecule has 1 N–H and O–H groups in total. The topological polar surface area (TPSA) is 53.9 Å². The van der Waals surface area contributed by atoms with Gasteiger partial charge in [-0.1, -0.05) is 18.2 Å². The number of carbonyl (C=O) groups is 1. The number of fused-ring (bicyclic) bond motifs is 1. The van der Waals surface area contributed by atoms with E-state index in [9.17, 15) is 4.79 Å². The van der Waals surface area contributed by atoms with E-state index in [-0.39, 0.29) is 5.91 Å². The lowest BCUT2D eigenvalue weighted by Gasteiger charge is -2.32. The number of piperidine rings is 1. The van der Waals surface area contributed by atoms with E-state index in [1.54, 1.807) is 6.20 Å². The average molecular weight is 322 g/mol. The minimum Gasteiger partial charge on any atom is -0.347 e. The number of aryl methyl sites for hydroxylation is 1. The minimum atomic E-state index is 0.247. The van der Waals surface area contributed by atoms with Gasteiger partial charge in [0.05, 0.1) is 0 Å². The molecule has 2 aromatic heterocycles. The van der Waals surface area contributed by atoms with E-state index in [4.69, 9.17) is 0 Å². The van der Waals surface area contributed by atoms with Gasteiger partial charge in [0.25, 0.3) is 0 Å². The maximum atomic E-state index is 12.6. The van der Waals surface area contributed by atoms with Gasteiger partial charge in [-0.2, -0.15) is 5.10 Å². The van der Waals surface area contributed by atoms with Crippen molar-refractivity contribution < 1.29 is 4.79 Å². The van der Waals surface area contributed by atoms with Gasteiger partial charge >= 0.3 is 0 Å². The molecule has 0 bridgehead atoms. The van der Waals surface area contributed by atoms with Gasteiger partial charge < -0.3 is 9.47 Å². The Bertz CT molecular complexity index is 821. The van der Waals surface area contributed by atoms with E-state index < -0.39 is 0 Å². The van der Waals surface area contributed by atoms with Crippen LogP contribution in [0.5, 0.6) is 0 Å². The number of nitrogens with zero attached hydrogens (tertiary/aromatic N) is 3. The highest BCUT2D eigenvalue weighted by atomic mass is 16.2. The predicted molar refractivity (Wildman–Crippen MR) is 93.7 cm³/mol. The molecule has 5 heteroatoms. The van der Waals surface area contributed by atoms with E-state index >= 15 is 0 Å². The van der Waals surface area contributed by atoms with E-state index in [1.165, 1.54) is 10.9 Å². The van der Waals surface area contributed by atoms with Crippen LogP contribution in [0.15, 0.2) is 48.8 Å². The van der Waals surface area contributed by atoms with Gasteiger partial charge in [-0.3, -0.25) is 9.89 Å². The summed E-state index contributed by atoms with van der Waals surface area (Å²) in [6, 6.07) is 12.4. The standard InChI is InChI=1S/C19H22N4O/c24-19(9-13-22-12-8-15-4-1-2-6-18(15)22)23-11-3-5-16(14-23)17-7-10-20-21-17/h1-2,4,6-8,10,12,16H,3,5,9,11,13-14H2,(H,20,21)/t16-/m1/s1. The molecule has 1 amide bonds. The number of rotatable bonds is 4. The fourth-order valence-corrected chi connectivity index (χ4v) is 3.66. The molecule has 24 heavy (non-hydrogen) atoms. The third kappa shape index (κ3) is 2.94. The van der Waals surface area contributed by atoms with Crippen LogP contribution in [0, 0.1) is 0 Å². The first-order chi connectivity index (χ1) is 11.8. The zero-order chi connectivity index (χ0) is 16.4. The molecule has 1 aromatic carbocycles. The molecule has 1 saturated heterocycles. The van der Waals surface area contributed by atoms with Crippen molar-refractivity contribution in [3.05, 3.63) is 54.5 Å². The molecule has 4 rings (SSSR count). The number of benzene rings is 1. The van der Waals surface area contributed by atoms with Crippen LogP contribution in [0.2, 0.25) is 0 Å². The first kappa shape index (κ1) is 15.0. The van der Waals surface area contributed by atoms with E-state index in [2.05, 4.69) is 39.2 Å². The number of aromatic nitrogens is 3. The van der Waals surface area contributed by atoms with Crippen molar-refractivity contribution in [2.75, 3.05) is 13.1 Å². The molecular formula is C19H22N4O. The van der Waals surface area contributed by atoms with Crippen molar-refractivity contribution in [2.24, 2.45) is 0 Å². The van der Waals surface area contributed by atoms with Crippen LogP contribution >= 0.6 is 0 Å². The smallest absolute Gasteiger partial charge is 0.224 e. The summed E-state index contributed by atoms with van der Waals surface area (Å²) >= 11 is 0. The summed E-state index contributed by atoms with van der Waals surface area (Å²) < 4.78 is 2.17. The van der Waals surface area contributed by atoms with Crippen LogP contribution < -0.4 is 0 Å². The first-order valence-electron chi connectivity index (χ1n) is 8.62. The highest BCUT2D eigenvalue weighted by Crippen LogP contribution is 2.25. The van der Waals surface area contributed by atoms with Gasteiger partial charge in [0.15, 0.2) is 0 Å². The largest absolute Gasteiger partial charge is 0.347 e. The maximum Gasteiger partial charge on any atom is 0.224 e. The summed E-state index contributed by atoms with van der Waals surface area (Å²) in [7, 11) is 0. The van der Waals surface area contributed by atoms with Crippen LogP contribution in [-0.4, -0.2) is 38.7 Å². The molecule has 0 radical (unpaired) electrons. The summed E-state index contributed by atoms with van der Waals surface area (Å²) in [4.78, 5) is 14.6. The Kier molecular flexibility index (Phi) is 4.07. The Hall–Kier alpha value is -2.56. The Balaban J connectivity index is 1.39.